The van der Waals surface area contributed by atoms with Gasteiger partial charge in [0.1, 0.15) is 5.75 Å². The fourth-order valence-corrected chi connectivity index (χ4v) is 2.65. The standard InChI is InChI=1S/C16H17N3O2/c1-10-7-11-4-6-19(14(11)8-13(10)17)16(20)12-3-5-18-9-15(12)21-2/h3,5,7-9H,4,6,17H2,1-2H3. The van der Waals surface area contributed by atoms with Gasteiger partial charge in [-0.15, -0.1) is 0 Å². The maximum absolute atomic E-state index is 12.8. The predicted octanol–water partition coefficient (Wildman–Crippen LogP) is 2.18. The lowest BCUT2D eigenvalue weighted by molar-refractivity contribution is 0.0986. The van der Waals surface area contributed by atoms with Crippen LogP contribution in [0.5, 0.6) is 5.75 Å². The van der Waals surface area contributed by atoms with E-state index in [0.717, 1.165) is 23.2 Å². The molecule has 0 bridgehead atoms. The minimum atomic E-state index is -0.0868. The van der Waals surface area contributed by atoms with E-state index in [-0.39, 0.29) is 5.91 Å². The maximum atomic E-state index is 12.8. The summed E-state index contributed by atoms with van der Waals surface area (Å²) in [5.41, 5.74) is 10.3. The Bertz CT molecular complexity index is 713. The van der Waals surface area contributed by atoms with E-state index >= 15 is 0 Å². The van der Waals surface area contributed by atoms with Crippen LogP contribution in [-0.4, -0.2) is 24.5 Å². The average Bonchev–Trinajstić information content (AvgIpc) is 2.89. The second-order valence-corrected chi connectivity index (χ2v) is 5.12. The fraction of sp³-hybridized carbons (Fsp3) is 0.250. The molecule has 0 spiro atoms. The van der Waals surface area contributed by atoms with Crippen molar-refractivity contribution in [3.8, 4) is 5.75 Å². The van der Waals surface area contributed by atoms with E-state index in [9.17, 15) is 4.79 Å². The number of aryl methyl sites for hydroxylation is 1. The third kappa shape index (κ3) is 2.20. The monoisotopic (exact) mass is 283 g/mol. The van der Waals surface area contributed by atoms with Gasteiger partial charge >= 0.3 is 0 Å². The van der Waals surface area contributed by atoms with Crippen molar-refractivity contribution in [3.05, 3.63) is 47.3 Å². The molecule has 0 saturated carbocycles. The number of methoxy groups -OCH3 is 1. The zero-order valence-corrected chi connectivity index (χ0v) is 12.1. The van der Waals surface area contributed by atoms with Crippen LogP contribution in [0, 0.1) is 6.92 Å². The van der Waals surface area contributed by atoms with Crippen LogP contribution in [0.15, 0.2) is 30.6 Å². The van der Waals surface area contributed by atoms with E-state index in [2.05, 4.69) is 11.1 Å². The van der Waals surface area contributed by atoms with Gasteiger partial charge in [-0.05, 0) is 36.6 Å². The number of nitrogen functional groups attached to an aromatic ring is 1. The molecule has 21 heavy (non-hydrogen) atoms. The molecule has 0 aliphatic carbocycles. The number of carbonyl (C=O) groups excluding carboxylic acids is 1. The van der Waals surface area contributed by atoms with Gasteiger partial charge in [-0.25, -0.2) is 0 Å². The molecular formula is C16H17N3O2. The number of anilines is 2. The largest absolute Gasteiger partial charge is 0.494 e. The molecule has 1 aliphatic heterocycles. The summed E-state index contributed by atoms with van der Waals surface area (Å²) < 4.78 is 5.22. The van der Waals surface area contributed by atoms with E-state index in [1.165, 1.54) is 7.11 Å². The highest BCUT2D eigenvalue weighted by Gasteiger charge is 2.28. The van der Waals surface area contributed by atoms with Crippen LogP contribution in [-0.2, 0) is 6.42 Å². The molecule has 1 aromatic heterocycles. The number of carbonyl (C=O) groups is 1. The van der Waals surface area contributed by atoms with Crippen LogP contribution in [0.3, 0.4) is 0 Å². The summed E-state index contributed by atoms with van der Waals surface area (Å²) in [6.07, 6.45) is 3.99. The SMILES string of the molecule is COc1cnccc1C(=O)N1CCc2cc(C)c(N)cc21. The number of nitrogens with zero attached hydrogens (tertiary/aromatic N) is 2. The summed E-state index contributed by atoms with van der Waals surface area (Å²) in [4.78, 5) is 18.5. The van der Waals surface area contributed by atoms with Gasteiger partial charge in [-0.1, -0.05) is 6.07 Å². The van der Waals surface area contributed by atoms with Crippen LogP contribution in [0.2, 0.25) is 0 Å². The van der Waals surface area contributed by atoms with Crippen LogP contribution in [0.25, 0.3) is 0 Å². The Hall–Kier alpha value is -2.56. The van der Waals surface area contributed by atoms with E-state index in [0.29, 0.717) is 23.5 Å². The zero-order valence-electron chi connectivity index (χ0n) is 12.1. The van der Waals surface area contributed by atoms with Crippen molar-refractivity contribution in [1.82, 2.24) is 4.98 Å². The minimum Gasteiger partial charge on any atom is -0.494 e. The van der Waals surface area contributed by atoms with Gasteiger partial charge < -0.3 is 15.4 Å². The molecule has 0 radical (unpaired) electrons. The number of pyridine rings is 1. The Balaban J connectivity index is 2.01. The Morgan fingerprint density at radius 1 is 1.43 bits per heavy atom. The maximum Gasteiger partial charge on any atom is 0.262 e. The first-order valence-electron chi connectivity index (χ1n) is 6.80. The lowest BCUT2D eigenvalue weighted by Crippen LogP contribution is -2.29. The highest BCUT2D eigenvalue weighted by molar-refractivity contribution is 6.09. The smallest absolute Gasteiger partial charge is 0.262 e. The Morgan fingerprint density at radius 3 is 3.00 bits per heavy atom. The number of benzene rings is 1. The van der Waals surface area contributed by atoms with E-state index in [4.69, 9.17) is 10.5 Å². The molecule has 2 heterocycles. The van der Waals surface area contributed by atoms with Gasteiger partial charge in [0.25, 0.3) is 5.91 Å². The van der Waals surface area contributed by atoms with Gasteiger partial charge in [0.15, 0.2) is 0 Å². The van der Waals surface area contributed by atoms with E-state index in [1.807, 2.05) is 13.0 Å². The second kappa shape index (κ2) is 5.09. The summed E-state index contributed by atoms with van der Waals surface area (Å²) in [6, 6.07) is 5.61. The summed E-state index contributed by atoms with van der Waals surface area (Å²) in [6.45, 7) is 2.63. The van der Waals surface area contributed by atoms with Crippen molar-refractivity contribution in [1.29, 1.82) is 0 Å². The first-order chi connectivity index (χ1) is 10.1. The first-order valence-corrected chi connectivity index (χ1v) is 6.80. The molecule has 5 nitrogen and oxygen atoms in total. The molecule has 0 saturated heterocycles. The molecular weight excluding hydrogens is 266 g/mol. The zero-order chi connectivity index (χ0) is 15.0. The second-order valence-electron chi connectivity index (χ2n) is 5.12. The molecule has 108 valence electrons. The molecule has 0 atom stereocenters. The Labute approximate surface area is 123 Å². The number of ether oxygens (including phenoxy) is 1. The van der Waals surface area contributed by atoms with Crippen molar-refractivity contribution >= 4 is 17.3 Å². The lowest BCUT2D eigenvalue weighted by Gasteiger charge is -2.19. The van der Waals surface area contributed by atoms with Gasteiger partial charge in [0.2, 0.25) is 0 Å². The Kier molecular flexibility index (Phi) is 3.25. The van der Waals surface area contributed by atoms with Gasteiger partial charge in [0, 0.05) is 24.1 Å². The van der Waals surface area contributed by atoms with Crippen molar-refractivity contribution in [2.24, 2.45) is 0 Å². The molecule has 2 N–H and O–H groups in total. The third-order valence-corrected chi connectivity index (χ3v) is 3.84. The molecule has 3 rings (SSSR count). The van der Waals surface area contributed by atoms with Crippen LogP contribution in [0.1, 0.15) is 21.5 Å². The number of aromatic nitrogens is 1. The van der Waals surface area contributed by atoms with Crippen molar-refractivity contribution < 1.29 is 9.53 Å². The summed E-state index contributed by atoms with van der Waals surface area (Å²) in [5, 5.41) is 0. The number of hydrogen-bond acceptors (Lipinski definition) is 4. The molecule has 0 fully saturated rings. The van der Waals surface area contributed by atoms with Crippen molar-refractivity contribution in [3.63, 3.8) is 0 Å². The molecule has 0 unspecified atom stereocenters. The van der Waals surface area contributed by atoms with Crippen LogP contribution < -0.4 is 15.4 Å². The first kappa shape index (κ1) is 13.4. The van der Waals surface area contributed by atoms with Gasteiger partial charge in [-0.2, -0.15) is 0 Å². The third-order valence-electron chi connectivity index (χ3n) is 3.84. The normalized spacial score (nSPS) is 13.1. The molecule has 5 heteroatoms. The van der Waals surface area contributed by atoms with Crippen LogP contribution >= 0.6 is 0 Å². The summed E-state index contributed by atoms with van der Waals surface area (Å²) in [5.74, 6) is 0.396. The fourth-order valence-electron chi connectivity index (χ4n) is 2.65. The van der Waals surface area contributed by atoms with E-state index < -0.39 is 0 Å². The molecule has 1 amide bonds. The lowest BCUT2D eigenvalue weighted by atomic mass is 10.1. The van der Waals surface area contributed by atoms with E-state index in [1.54, 1.807) is 23.4 Å². The number of nitrogens with two attached hydrogens (primary N) is 1. The molecule has 2 aromatic rings. The highest BCUT2D eigenvalue weighted by Crippen LogP contribution is 2.34. The van der Waals surface area contributed by atoms with Crippen molar-refractivity contribution in [2.75, 3.05) is 24.3 Å². The van der Waals surface area contributed by atoms with Crippen molar-refractivity contribution in [2.45, 2.75) is 13.3 Å². The minimum absolute atomic E-state index is 0.0868. The average molecular weight is 283 g/mol. The quantitative estimate of drug-likeness (QED) is 0.858. The summed E-state index contributed by atoms with van der Waals surface area (Å²) >= 11 is 0. The number of amides is 1. The van der Waals surface area contributed by atoms with Gasteiger partial charge in [-0.3, -0.25) is 9.78 Å². The molecule has 1 aromatic carbocycles. The number of rotatable bonds is 2. The highest BCUT2D eigenvalue weighted by atomic mass is 16.5. The topological polar surface area (TPSA) is 68.5 Å². The predicted molar refractivity (Wildman–Crippen MR) is 81.8 cm³/mol. The molecule has 1 aliphatic rings. The summed E-state index contributed by atoms with van der Waals surface area (Å²) in [7, 11) is 1.53. The van der Waals surface area contributed by atoms with Crippen LogP contribution in [0.4, 0.5) is 11.4 Å². The Morgan fingerprint density at radius 2 is 2.24 bits per heavy atom. The number of fused-ring (bicyclic) bond motifs is 1. The van der Waals surface area contributed by atoms with Gasteiger partial charge in [0.05, 0.1) is 18.9 Å². The number of hydrogen-bond donors (Lipinski definition) is 1.